The first-order chi connectivity index (χ1) is 9.24. The zero-order valence-corrected chi connectivity index (χ0v) is 10.8. The number of hydrogen-bond donors (Lipinski definition) is 1. The number of rotatable bonds is 0. The van der Waals surface area contributed by atoms with E-state index in [4.69, 9.17) is 10.5 Å². The Labute approximate surface area is 114 Å². The lowest BCUT2D eigenvalue weighted by molar-refractivity contribution is 0.479. The lowest BCUT2D eigenvalue weighted by Crippen LogP contribution is -2.01. The normalized spacial score (nSPS) is 12.9. The molecular weight excluding hydrogens is 256 g/mol. The first kappa shape index (κ1) is 10.6. The molecule has 3 aromatic rings. The number of nitrogen functional groups attached to an aromatic ring is 1. The predicted octanol–water partition coefficient (Wildman–Crippen LogP) is 4.05. The molecule has 2 N–H and O–H groups in total. The SMILES string of the molecule is C=C1c2ccccc2Oc2c1ccc1sc(N)nc21. The number of benzene rings is 2. The molecule has 0 fully saturated rings. The van der Waals surface area contributed by atoms with Crippen molar-refractivity contribution in [2.75, 3.05) is 5.73 Å². The zero-order chi connectivity index (χ0) is 13.0. The van der Waals surface area contributed by atoms with E-state index in [0.717, 1.165) is 38.4 Å². The summed E-state index contributed by atoms with van der Waals surface area (Å²) >= 11 is 1.46. The molecule has 4 heteroatoms. The van der Waals surface area contributed by atoms with E-state index in [9.17, 15) is 0 Å². The Morgan fingerprint density at radius 2 is 1.95 bits per heavy atom. The highest BCUT2D eigenvalue weighted by Crippen LogP contribution is 2.46. The van der Waals surface area contributed by atoms with Gasteiger partial charge < -0.3 is 10.5 Å². The van der Waals surface area contributed by atoms with E-state index >= 15 is 0 Å². The minimum Gasteiger partial charge on any atom is -0.454 e. The van der Waals surface area contributed by atoms with Crippen LogP contribution in [0.5, 0.6) is 11.5 Å². The van der Waals surface area contributed by atoms with Crippen molar-refractivity contribution in [3.8, 4) is 11.5 Å². The van der Waals surface area contributed by atoms with E-state index in [-0.39, 0.29) is 0 Å². The average molecular weight is 266 g/mol. The third kappa shape index (κ3) is 1.40. The molecular formula is C15H10N2OS. The van der Waals surface area contributed by atoms with Crippen molar-refractivity contribution in [1.82, 2.24) is 4.98 Å². The van der Waals surface area contributed by atoms with E-state index in [1.165, 1.54) is 11.3 Å². The predicted molar refractivity (Wildman–Crippen MR) is 78.7 cm³/mol. The fourth-order valence-electron chi connectivity index (χ4n) is 2.39. The summed E-state index contributed by atoms with van der Waals surface area (Å²) in [4.78, 5) is 4.36. The zero-order valence-electron chi connectivity index (χ0n) is 10.0. The summed E-state index contributed by atoms with van der Waals surface area (Å²) in [5, 5.41) is 0.552. The molecule has 0 unspecified atom stereocenters. The Kier molecular flexibility index (Phi) is 2.00. The Hall–Kier alpha value is -2.33. The summed E-state index contributed by atoms with van der Waals surface area (Å²) in [6.45, 7) is 4.17. The molecule has 1 aliphatic heterocycles. The molecule has 2 aromatic carbocycles. The van der Waals surface area contributed by atoms with Crippen LogP contribution in [0.4, 0.5) is 5.13 Å². The van der Waals surface area contributed by atoms with Crippen molar-refractivity contribution in [2.45, 2.75) is 0 Å². The van der Waals surface area contributed by atoms with E-state index in [0.29, 0.717) is 5.13 Å². The molecule has 0 amide bonds. The molecule has 2 heterocycles. The van der Waals surface area contributed by atoms with Crippen molar-refractivity contribution in [2.24, 2.45) is 0 Å². The van der Waals surface area contributed by atoms with Gasteiger partial charge in [-0.25, -0.2) is 4.98 Å². The van der Waals surface area contributed by atoms with Crippen LogP contribution in [-0.2, 0) is 0 Å². The van der Waals surface area contributed by atoms with Gasteiger partial charge in [-0.3, -0.25) is 0 Å². The van der Waals surface area contributed by atoms with Gasteiger partial charge in [0, 0.05) is 11.1 Å². The van der Waals surface area contributed by atoms with Gasteiger partial charge in [0.25, 0.3) is 0 Å². The van der Waals surface area contributed by atoms with Crippen molar-refractivity contribution < 1.29 is 4.74 Å². The topological polar surface area (TPSA) is 48.1 Å². The standard InChI is InChI=1S/C15H10N2OS/c1-8-9-4-2-3-5-11(9)18-14-10(8)6-7-12-13(14)17-15(16)19-12/h2-7H,1H2,(H2,16,17). The van der Waals surface area contributed by atoms with E-state index < -0.39 is 0 Å². The van der Waals surface area contributed by atoms with Crippen molar-refractivity contribution >= 4 is 32.3 Å². The fourth-order valence-corrected chi connectivity index (χ4v) is 3.12. The summed E-state index contributed by atoms with van der Waals surface area (Å²) in [7, 11) is 0. The summed E-state index contributed by atoms with van der Waals surface area (Å²) in [6, 6.07) is 11.9. The highest BCUT2D eigenvalue weighted by Gasteiger charge is 2.23. The number of ether oxygens (including phenoxy) is 1. The highest BCUT2D eigenvalue weighted by atomic mass is 32.1. The van der Waals surface area contributed by atoms with Gasteiger partial charge in [0.1, 0.15) is 11.3 Å². The number of anilines is 1. The molecule has 92 valence electrons. The van der Waals surface area contributed by atoms with Crippen molar-refractivity contribution in [3.63, 3.8) is 0 Å². The molecule has 0 atom stereocenters. The first-order valence-electron chi connectivity index (χ1n) is 5.89. The number of nitrogens with two attached hydrogens (primary N) is 1. The smallest absolute Gasteiger partial charge is 0.181 e. The van der Waals surface area contributed by atoms with Crippen LogP contribution in [0.25, 0.3) is 15.8 Å². The summed E-state index contributed by atoms with van der Waals surface area (Å²) in [6.07, 6.45) is 0. The van der Waals surface area contributed by atoms with E-state index in [1.807, 2.05) is 36.4 Å². The number of nitrogens with zero attached hydrogens (tertiary/aromatic N) is 1. The number of thiazole rings is 1. The Bertz CT molecular complexity index is 835. The molecule has 1 aliphatic rings. The highest BCUT2D eigenvalue weighted by molar-refractivity contribution is 7.22. The van der Waals surface area contributed by atoms with Crippen molar-refractivity contribution in [1.29, 1.82) is 0 Å². The second-order valence-electron chi connectivity index (χ2n) is 4.42. The lowest BCUT2D eigenvalue weighted by atomic mass is 9.95. The van der Waals surface area contributed by atoms with Crippen LogP contribution in [-0.4, -0.2) is 4.98 Å². The first-order valence-corrected chi connectivity index (χ1v) is 6.71. The number of aromatic nitrogens is 1. The van der Waals surface area contributed by atoms with Crippen LogP contribution in [0.2, 0.25) is 0 Å². The van der Waals surface area contributed by atoms with Crippen LogP contribution in [0.15, 0.2) is 43.0 Å². The molecule has 0 aliphatic carbocycles. The average Bonchev–Trinajstić information content (AvgIpc) is 2.80. The minimum atomic E-state index is 0.552. The van der Waals surface area contributed by atoms with Crippen LogP contribution in [0, 0.1) is 0 Å². The molecule has 0 saturated carbocycles. The van der Waals surface area contributed by atoms with Gasteiger partial charge in [-0.05, 0) is 23.8 Å². The number of para-hydroxylation sites is 1. The van der Waals surface area contributed by atoms with E-state index in [2.05, 4.69) is 11.6 Å². The van der Waals surface area contributed by atoms with Gasteiger partial charge in [0.2, 0.25) is 0 Å². The molecule has 0 radical (unpaired) electrons. The van der Waals surface area contributed by atoms with E-state index in [1.54, 1.807) is 0 Å². The minimum absolute atomic E-state index is 0.552. The quantitative estimate of drug-likeness (QED) is 0.522. The number of fused-ring (bicyclic) bond motifs is 4. The lowest BCUT2D eigenvalue weighted by Gasteiger charge is -2.22. The van der Waals surface area contributed by atoms with Gasteiger partial charge in [0.15, 0.2) is 10.9 Å². The second kappa shape index (κ2) is 3.59. The molecule has 19 heavy (non-hydrogen) atoms. The fraction of sp³-hybridized carbons (Fsp3) is 0. The van der Waals surface area contributed by atoms with Crippen molar-refractivity contribution in [3.05, 3.63) is 54.1 Å². The summed E-state index contributed by atoms with van der Waals surface area (Å²) in [5.74, 6) is 1.58. The van der Waals surface area contributed by atoms with Gasteiger partial charge in [-0.15, -0.1) is 0 Å². The maximum atomic E-state index is 6.00. The molecule has 4 rings (SSSR count). The van der Waals surface area contributed by atoms with Crippen LogP contribution in [0.3, 0.4) is 0 Å². The van der Waals surface area contributed by atoms with Crippen LogP contribution >= 0.6 is 11.3 Å². The largest absolute Gasteiger partial charge is 0.454 e. The van der Waals surface area contributed by atoms with Gasteiger partial charge in [-0.2, -0.15) is 0 Å². The molecule has 0 saturated heterocycles. The molecule has 0 spiro atoms. The third-order valence-electron chi connectivity index (χ3n) is 3.28. The molecule has 3 nitrogen and oxygen atoms in total. The van der Waals surface area contributed by atoms with Gasteiger partial charge in [0.05, 0.1) is 4.70 Å². The Morgan fingerprint density at radius 3 is 2.84 bits per heavy atom. The van der Waals surface area contributed by atoms with Crippen LogP contribution in [0.1, 0.15) is 11.1 Å². The van der Waals surface area contributed by atoms with Crippen LogP contribution < -0.4 is 10.5 Å². The Balaban J connectivity index is 2.05. The molecule has 0 bridgehead atoms. The van der Waals surface area contributed by atoms with Gasteiger partial charge >= 0.3 is 0 Å². The van der Waals surface area contributed by atoms with Gasteiger partial charge in [-0.1, -0.05) is 36.1 Å². The maximum absolute atomic E-state index is 6.00. The molecule has 1 aromatic heterocycles. The number of hydrogen-bond acceptors (Lipinski definition) is 4. The Morgan fingerprint density at radius 1 is 1.11 bits per heavy atom. The summed E-state index contributed by atoms with van der Waals surface area (Å²) in [5.41, 5.74) is 9.57. The third-order valence-corrected chi connectivity index (χ3v) is 4.13. The summed E-state index contributed by atoms with van der Waals surface area (Å²) < 4.78 is 7.03. The monoisotopic (exact) mass is 266 g/mol. The maximum Gasteiger partial charge on any atom is 0.181 e. The second-order valence-corrected chi connectivity index (χ2v) is 5.48.